The first-order valence-corrected chi connectivity index (χ1v) is 6.72. The van der Waals surface area contributed by atoms with E-state index in [2.05, 4.69) is 0 Å². The molecule has 6 heteroatoms. The van der Waals surface area contributed by atoms with Crippen molar-refractivity contribution < 1.29 is 13.2 Å². The Balaban J connectivity index is 3.01. The maximum Gasteiger partial charge on any atom is 0.197 e. The molecule has 0 aliphatic rings. The van der Waals surface area contributed by atoms with E-state index in [1.165, 1.54) is 24.3 Å². The van der Waals surface area contributed by atoms with E-state index in [4.69, 9.17) is 23.2 Å². The van der Waals surface area contributed by atoms with Crippen LogP contribution >= 0.6 is 23.2 Å². The Bertz CT molecular complexity index is 465. The molecule has 0 aliphatic carbocycles. The van der Waals surface area contributed by atoms with Crippen LogP contribution in [0.1, 0.15) is 10.4 Å². The third-order valence-electron chi connectivity index (χ3n) is 1.71. The van der Waals surface area contributed by atoms with Crippen LogP contribution in [0, 0.1) is 0 Å². The lowest BCUT2D eigenvalue weighted by molar-refractivity contribution is 0.101. The minimum atomic E-state index is -3.58. The molecule has 1 rings (SSSR count). The minimum absolute atomic E-state index is 0.227. The molecule has 1 aromatic carbocycles. The lowest BCUT2D eigenvalue weighted by atomic mass is 10.1. The predicted molar refractivity (Wildman–Crippen MR) is 60.3 cm³/mol. The van der Waals surface area contributed by atoms with Gasteiger partial charge in [0.05, 0.1) is 0 Å². The van der Waals surface area contributed by atoms with Crippen LogP contribution in [0.4, 0.5) is 0 Å². The van der Waals surface area contributed by atoms with Gasteiger partial charge >= 0.3 is 0 Å². The van der Waals surface area contributed by atoms with Gasteiger partial charge < -0.3 is 0 Å². The molecule has 0 heterocycles. The van der Waals surface area contributed by atoms with Crippen molar-refractivity contribution in [3.63, 3.8) is 0 Å². The summed E-state index contributed by atoms with van der Waals surface area (Å²) in [5.41, 5.74) is 0.227. The molecule has 0 amide bonds. The maximum atomic E-state index is 11.5. The summed E-state index contributed by atoms with van der Waals surface area (Å²) in [7, 11) is -3.58. The number of Topliss-reactive ketones (excluding diaryl/α,β-unsaturated/α-hetero) is 1. The second-order valence-electron chi connectivity index (χ2n) is 3.02. The number of ketones is 1. The number of rotatable bonds is 3. The number of carbonyl (C=O) groups is 1. The molecule has 82 valence electrons. The third kappa shape index (κ3) is 3.19. The molecule has 3 nitrogen and oxygen atoms in total. The van der Waals surface area contributed by atoms with Crippen LogP contribution in [0.15, 0.2) is 24.3 Å². The first-order chi connectivity index (χ1) is 6.82. The van der Waals surface area contributed by atoms with Crippen LogP contribution in [0.3, 0.4) is 0 Å². The molecule has 0 fully saturated rings. The van der Waals surface area contributed by atoms with Crippen LogP contribution in [-0.4, -0.2) is 25.2 Å². The van der Waals surface area contributed by atoms with Crippen molar-refractivity contribution in [3.8, 4) is 0 Å². The van der Waals surface area contributed by atoms with Crippen molar-refractivity contribution in [3.05, 3.63) is 34.9 Å². The van der Waals surface area contributed by atoms with E-state index in [-0.39, 0.29) is 5.56 Å². The molecule has 0 spiro atoms. The van der Waals surface area contributed by atoms with Crippen LogP contribution in [-0.2, 0) is 9.84 Å². The molecular weight excluding hydrogens is 259 g/mol. The number of benzene rings is 1. The number of alkyl halides is 1. The summed E-state index contributed by atoms with van der Waals surface area (Å²) in [4.78, 5) is 11.5. The second-order valence-corrected chi connectivity index (χ2v) is 6.28. The zero-order valence-electron chi connectivity index (χ0n) is 7.78. The van der Waals surface area contributed by atoms with Crippen molar-refractivity contribution in [1.29, 1.82) is 0 Å². The molecule has 0 unspecified atom stereocenters. The van der Waals surface area contributed by atoms with E-state index in [0.717, 1.165) is 6.26 Å². The quantitative estimate of drug-likeness (QED) is 0.622. The molecule has 1 aromatic rings. The second kappa shape index (κ2) is 4.51. The van der Waals surface area contributed by atoms with E-state index in [1.54, 1.807) is 0 Å². The fourth-order valence-electron chi connectivity index (χ4n) is 0.940. The summed E-state index contributed by atoms with van der Waals surface area (Å²) in [6.07, 6.45) is 0.915. The van der Waals surface area contributed by atoms with Gasteiger partial charge in [-0.25, -0.2) is 8.42 Å². The monoisotopic (exact) mass is 266 g/mol. The van der Waals surface area contributed by atoms with Gasteiger partial charge in [0.25, 0.3) is 0 Å². The van der Waals surface area contributed by atoms with Crippen molar-refractivity contribution >= 4 is 38.8 Å². The molecule has 1 atom stereocenters. The van der Waals surface area contributed by atoms with Crippen LogP contribution in [0.25, 0.3) is 0 Å². The van der Waals surface area contributed by atoms with E-state index in [0.29, 0.717) is 5.02 Å². The lowest BCUT2D eigenvalue weighted by Gasteiger charge is -2.05. The summed E-state index contributed by atoms with van der Waals surface area (Å²) in [6, 6.07) is 5.87. The van der Waals surface area contributed by atoms with Crippen molar-refractivity contribution in [2.75, 3.05) is 6.26 Å². The topological polar surface area (TPSA) is 51.2 Å². The first kappa shape index (κ1) is 12.5. The maximum absolute atomic E-state index is 11.5. The summed E-state index contributed by atoms with van der Waals surface area (Å²) in [5.74, 6) is -0.643. The summed E-state index contributed by atoms with van der Waals surface area (Å²) < 4.78 is 20.5. The van der Waals surface area contributed by atoms with Gasteiger partial charge in [-0.05, 0) is 24.3 Å². The highest BCUT2D eigenvalue weighted by Crippen LogP contribution is 2.16. The minimum Gasteiger partial charge on any atom is -0.291 e. The van der Waals surface area contributed by atoms with Gasteiger partial charge in [-0.15, -0.1) is 0 Å². The number of carbonyl (C=O) groups excluding carboxylic acids is 1. The Morgan fingerprint density at radius 2 is 1.73 bits per heavy atom. The highest BCUT2D eigenvalue weighted by Gasteiger charge is 2.26. The molecule has 15 heavy (non-hydrogen) atoms. The van der Waals surface area contributed by atoms with Crippen LogP contribution in [0.2, 0.25) is 5.02 Å². The van der Waals surface area contributed by atoms with Crippen molar-refractivity contribution in [2.24, 2.45) is 0 Å². The van der Waals surface area contributed by atoms with Crippen molar-refractivity contribution in [2.45, 2.75) is 4.71 Å². The summed E-state index contributed by atoms with van der Waals surface area (Å²) in [6.45, 7) is 0. The van der Waals surface area contributed by atoms with E-state index in [1.807, 2.05) is 0 Å². The summed E-state index contributed by atoms with van der Waals surface area (Å²) in [5, 5.41) is 0.469. The highest BCUT2D eigenvalue weighted by atomic mass is 35.5. The van der Waals surface area contributed by atoms with Gasteiger partial charge in [0.2, 0.25) is 0 Å². The lowest BCUT2D eigenvalue weighted by Crippen LogP contribution is -2.23. The molecule has 0 aliphatic heterocycles. The van der Waals surface area contributed by atoms with Crippen LogP contribution < -0.4 is 0 Å². The zero-order valence-corrected chi connectivity index (χ0v) is 10.1. The third-order valence-corrected chi connectivity index (χ3v) is 4.10. The fourth-order valence-corrected chi connectivity index (χ4v) is 1.72. The average molecular weight is 267 g/mol. The van der Waals surface area contributed by atoms with E-state index < -0.39 is 20.3 Å². The zero-order chi connectivity index (χ0) is 11.6. The van der Waals surface area contributed by atoms with E-state index >= 15 is 0 Å². The Hall–Kier alpha value is -0.580. The molecule has 0 saturated carbocycles. The Labute approximate surface area is 97.9 Å². The van der Waals surface area contributed by atoms with Gasteiger partial charge in [-0.1, -0.05) is 23.2 Å². The van der Waals surface area contributed by atoms with Gasteiger partial charge in [0.1, 0.15) is 0 Å². The van der Waals surface area contributed by atoms with E-state index in [9.17, 15) is 13.2 Å². The predicted octanol–water partition coefficient (Wildman–Crippen LogP) is 2.13. The number of hydrogen-bond acceptors (Lipinski definition) is 3. The molecular formula is C9H8Cl2O3S. The van der Waals surface area contributed by atoms with Gasteiger partial charge in [-0.3, -0.25) is 4.79 Å². The smallest absolute Gasteiger partial charge is 0.197 e. The van der Waals surface area contributed by atoms with Crippen molar-refractivity contribution in [1.82, 2.24) is 0 Å². The van der Waals surface area contributed by atoms with Gasteiger partial charge in [-0.2, -0.15) is 0 Å². The van der Waals surface area contributed by atoms with Gasteiger partial charge in [0.15, 0.2) is 20.3 Å². The fraction of sp³-hybridized carbons (Fsp3) is 0.222. The molecule has 0 radical (unpaired) electrons. The molecule has 0 bridgehead atoms. The Kier molecular flexibility index (Phi) is 3.76. The largest absolute Gasteiger partial charge is 0.291 e. The highest BCUT2D eigenvalue weighted by molar-refractivity contribution is 7.93. The number of sulfone groups is 1. The first-order valence-electron chi connectivity index (χ1n) is 3.95. The average Bonchev–Trinajstić information content (AvgIpc) is 2.15. The summed E-state index contributed by atoms with van der Waals surface area (Å²) >= 11 is 11.1. The number of hydrogen-bond donors (Lipinski definition) is 0. The normalized spacial score (nSPS) is 13.5. The standard InChI is InChI=1S/C9H8Cl2O3S/c1-15(13,14)9(11)8(12)6-2-4-7(10)5-3-6/h2-5,9H,1H3/t9-/m0/s1. The molecule has 0 saturated heterocycles. The Morgan fingerprint density at radius 3 is 2.13 bits per heavy atom. The Morgan fingerprint density at radius 1 is 1.27 bits per heavy atom. The van der Waals surface area contributed by atoms with Gasteiger partial charge in [0, 0.05) is 16.8 Å². The SMILES string of the molecule is CS(=O)(=O)[C@H](Cl)C(=O)c1ccc(Cl)cc1. The number of halogens is 2. The molecule has 0 aromatic heterocycles. The van der Waals surface area contributed by atoms with Crippen LogP contribution in [0.5, 0.6) is 0 Å². The molecule has 0 N–H and O–H groups in total.